The summed E-state index contributed by atoms with van der Waals surface area (Å²) in [4.78, 5) is 62.3. The van der Waals surface area contributed by atoms with Crippen molar-refractivity contribution in [1.82, 2.24) is 14.5 Å². The van der Waals surface area contributed by atoms with Crippen molar-refractivity contribution in [1.29, 1.82) is 0 Å². The normalized spacial score (nSPS) is 26.0. The van der Waals surface area contributed by atoms with Gasteiger partial charge in [0, 0.05) is 23.7 Å². The SMILES string of the molecule is COc1ccc([N+](=O)[O-])cc1N1C(=O)[C@H]2C3CCCN3C3(c4ccccc4-n4c3nc3ccccc3c4=O)[C@H]2C1=O. The summed E-state index contributed by atoms with van der Waals surface area (Å²) in [5.74, 6) is -1.92. The number of para-hydroxylation sites is 2. The maximum absolute atomic E-state index is 14.6. The van der Waals surface area contributed by atoms with Gasteiger partial charge in [-0.1, -0.05) is 30.3 Å². The first-order chi connectivity index (χ1) is 19.9. The van der Waals surface area contributed by atoms with E-state index in [4.69, 9.17) is 9.72 Å². The summed E-state index contributed by atoms with van der Waals surface area (Å²) >= 11 is 0. The van der Waals surface area contributed by atoms with Crippen LogP contribution in [0.2, 0.25) is 0 Å². The Morgan fingerprint density at radius 3 is 2.59 bits per heavy atom. The maximum atomic E-state index is 14.6. The molecule has 0 saturated carbocycles. The molecule has 3 saturated heterocycles. The maximum Gasteiger partial charge on any atom is 0.271 e. The zero-order valence-corrected chi connectivity index (χ0v) is 21.9. The lowest BCUT2D eigenvalue weighted by molar-refractivity contribution is -0.384. The lowest BCUT2D eigenvalue weighted by Crippen LogP contribution is -2.51. The Kier molecular flexibility index (Phi) is 4.71. The number of rotatable bonds is 3. The largest absolute Gasteiger partial charge is 0.495 e. The summed E-state index contributed by atoms with van der Waals surface area (Å²) in [6.07, 6.45) is 1.51. The molecule has 1 spiro atoms. The van der Waals surface area contributed by atoms with Crippen LogP contribution in [0.1, 0.15) is 24.2 Å². The number of nitro benzene ring substituents is 1. The van der Waals surface area contributed by atoms with Crippen LogP contribution in [0.25, 0.3) is 16.6 Å². The molecule has 0 N–H and O–H groups in total. The number of anilines is 1. The number of amides is 2. The van der Waals surface area contributed by atoms with Crippen LogP contribution < -0.4 is 15.2 Å². The van der Waals surface area contributed by atoms with Gasteiger partial charge in [-0.25, -0.2) is 9.88 Å². The van der Waals surface area contributed by atoms with Gasteiger partial charge in [-0.3, -0.25) is 34.0 Å². The topological polar surface area (TPSA) is 128 Å². The summed E-state index contributed by atoms with van der Waals surface area (Å²) < 4.78 is 7.06. The zero-order chi connectivity index (χ0) is 28.2. The molecule has 11 heteroatoms. The van der Waals surface area contributed by atoms with Gasteiger partial charge in [0.2, 0.25) is 11.8 Å². The number of hydrogen-bond acceptors (Lipinski definition) is 8. The van der Waals surface area contributed by atoms with Crippen LogP contribution in [0.5, 0.6) is 5.75 Å². The minimum Gasteiger partial charge on any atom is -0.495 e. The summed E-state index contributed by atoms with van der Waals surface area (Å²) in [7, 11) is 1.39. The molecule has 204 valence electrons. The Bertz CT molecular complexity index is 1920. The summed E-state index contributed by atoms with van der Waals surface area (Å²) in [5.41, 5.74) is 0.304. The van der Waals surface area contributed by atoms with E-state index in [1.54, 1.807) is 22.8 Å². The third kappa shape index (κ3) is 2.76. The van der Waals surface area contributed by atoms with Crippen LogP contribution in [-0.2, 0) is 15.1 Å². The molecule has 4 aliphatic rings. The number of hydrogen-bond donors (Lipinski definition) is 0. The molecular weight excluding hydrogens is 526 g/mol. The number of methoxy groups -OCH3 is 1. The molecule has 4 aromatic rings. The molecular formula is C30H23N5O6. The number of aromatic nitrogens is 2. The Balaban J connectivity index is 1.42. The number of carbonyl (C=O) groups excluding carboxylic acids is 2. The molecule has 2 amide bonds. The predicted molar refractivity (Wildman–Crippen MR) is 147 cm³/mol. The van der Waals surface area contributed by atoms with Gasteiger partial charge in [-0.2, -0.15) is 0 Å². The zero-order valence-electron chi connectivity index (χ0n) is 21.9. The molecule has 5 heterocycles. The number of ether oxygens (including phenoxy) is 1. The Morgan fingerprint density at radius 2 is 1.78 bits per heavy atom. The lowest BCUT2D eigenvalue weighted by atomic mass is 9.75. The molecule has 3 fully saturated rings. The van der Waals surface area contributed by atoms with E-state index >= 15 is 0 Å². The van der Waals surface area contributed by atoms with Gasteiger partial charge in [0.1, 0.15) is 22.8 Å². The second-order valence-corrected chi connectivity index (χ2v) is 10.9. The third-order valence-electron chi connectivity index (χ3n) is 9.25. The average molecular weight is 550 g/mol. The fourth-order valence-corrected chi connectivity index (χ4v) is 7.82. The molecule has 3 aromatic carbocycles. The van der Waals surface area contributed by atoms with Gasteiger partial charge in [-0.05, 0) is 43.7 Å². The summed E-state index contributed by atoms with van der Waals surface area (Å²) in [5, 5.41) is 12.1. The van der Waals surface area contributed by atoms with E-state index in [9.17, 15) is 24.5 Å². The molecule has 0 bridgehead atoms. The fraction of sp³-hybridized carbons (Fsp3) is 0.267. The number of nitrogens with zero attached hydrogens (tertiary/aromatic N) is 5. The molecule has 0 aliphatic carbocycles. The van der Waals surface area contributed by atoms with Gasteiger partial charge in [0.25, 0.3) is 11.2 Å². The predicted octanol–water partition coefficient (Wildman–Crippen LogP) is 3.14. The van der Waals surface area contributed by atoms with Crippen LogP contribution in [0.3, 0.4) is 0 Å². The van der Waals surface area contributed by atoms with Crippen LogP contribution in [-0.4, -0.2) is 50.9 Å². The van der Waals surface area contributed by atoms with Crippen molar-refractivity contribution in [3.8, 4) is 11.4 Å². The van der Waals surface area contributed by atoms with Gasteiger partial charge in [0.05, 0.1) is 40.5 Å². The molecule has 4 atom stereocenters. The lowest BCUT2D eigenvalue weighted by Gasteiger charge is -2.38. The molecule has 2 unspecified atom stereocenters. The Morgan fingerprint density at radius 1 is 1.00 bits per heavy atom. The minimum atomic E-state index is -1.17. The first kappa shape index (κ1) is 23.9. The highest BCUT2D eigenvalue weighted by molar-refractivity contribution is 6.24. The molecule has 41 heavy (non-hydrogen) atoms. The van der Waals surface area contributed by atoms with Crippen molar-refractivity contribution in [2.45, 2.75) is 24.4 Å². The first-order valence-electron chi connectivity index (χ1n) is 13.5. The van der Waals surface area contributed by atoms with E-state index in [-0.39, 0.29) is 28.7 Å². The van der Waals surface area contributed by atoms with E-state index in [1.807, 2.05) is 30.3 Å². The summed E-state index contributed by atoms with van der Waals surface area (Å²) in [6.45, 7) is 0.634. The quantitative estimate of drug-likeness (QED) is 0.217. The van der Waals surface area contributed by atoms with E-state index in [1.165, 1.54) is 25.3 Å². The highest BCUT2D eigenvalue weighted by atomic mass is 16.6. The Labute approximate surface area is 232 Å². The van der Waals surface area contributed by atoms with Crippen molar-refractivity contribution < 1.29 is 19.2 Å². The molecule has 4 aliphatic heterocycles. The average Bonchev–Trinajstić information content (AvgIpc) is 3.70. The monoisotopic (exact) mass is 549 g/mol. The third-order valence-corrected chi connectivity index (χ3v) is 9.25. The van der Waals surface area contributed by atoms with E-state index in [0.717, 1.165) is 16.9 Å². The number of imide groups is 1. The standard InChI is InChI=1S/C30H23N5O6/c1-41-23-13-12-16(35(39)40)15-22(23)33-27(37)24-21-11-6-14-32(21)30(25(24)28(33)38)18-8-3-5-10-20(18)34-26(36)17-7-2-4-9-19(17)31-29(30)34/h2-5,7-10,12-13,15,21,24-25H,6,11,14H2,1H3/t21?,24-,25+,30?/m0/s1. The molecule has 1 aromatic heterocycles. The highest BCUT2D eigenvalue weighted by Crippen LogP contribution is 2.62. The van der Waals surface area contributed by atoms with E-state index < -0.39 is 34.1 Å². The molecule has 11 nitrogen and oxygen atoms in total. The number of benzene rings is 3. The van der Waals surface area contributed by atoms with Crippen molar-refractivity contribution in [3.63, 3.8) is 0 Å². The van der Waals surface area contributed by atoms with E-state index in [0.29, 0.717) is 35.4 Å². The second kappa shape index (κ2) is 8.07. The minimum absolute atomic E-state index is 0.0425. The number of carbonyl (C=O) groups is 2. The number of non-ortho nitro benzene ring substituents is 1. The fourth-order valence-electron chi connectivity index (χ4n) is 7.82. The van der Waals surface area contributed by atoms with Gasteiger partial charge < -0.3 is 4.74 Å². The van der Waals surface area contributed by atoms with E-state index in [2.05, 4.69) is 4.90 Å². The van der Waals surface area contributed by atoms with Crippen LogP contribution >= 0.6 is 0 Å². The van der Waals surface area contributed by atoms with Crippen molar-refractivity contribution in [2.24, 2.45) is 11.8 Å². The molecule has 8 rings (SSSR count). The smallest absolute Gasteiger partial charge is 0.271 e. The second-order valence-electron chi connectivity index (χ2n) is 10.9. The highest BCUT2D eigenvalue weighted by Gasteiger charge is 2.74. The number of fused-ring (bicyclic) bond motifs is 11. The van der Waals surface area contributed by atoms with Gasteiger partial charge in [0.15, 0.2) is 0 Å². The number of nitro groups is 1. The first-order valence-corrected chi connectivity index (χ1v) is 13.5. The van der Waals surface area contributed by atoms with Crippen molar-refractivity contribution in [2.75, 3.05) is 18.6 Å². The molecule has 0 radical (unpaired) electrons. The Hall–Kier alpha value is -4.90. The van der Waals surface area contributed by atoms with Gasteiger partial charge >= 0.3 is 0 Å². The van der Waals surface area contributed by atoms with Crippen LogP contribution in [0.15, 0.2) is 71.5 Å². The van der Waals surface area contributed by atoms with Crippen molar-refractivity contribution >= 4 is 34.1 Å². The van der Waals surface area contributed by atoms with Crippen LogP contribution in [0, 0.1) is 22.0 Å². The van der Waals surface area contributed by atoms with Crippen LogP contribution in [0.4, 0.5) is 11.4 Å². The van der Waals surface area contributed by atoms with Crippen molar-refractivity contribution in [3.05, 3.63) is 98.6 Å². The van der Waals surface area contributed by atoms with Gasteiger partial charge in [-0.15, -0.1) is 0 Å². The summed E-state index contributed by atoms with van der Waals surface area (Å²) in [6, 6.07) is 18.2.